The predicted molar refractivity (Wildman–Crippen MR) is 122 cm³/mol. The minimum atomic E-state index is 0.831. The Morgan fingerprint density at radius 2 is 1.57 bits per heavy atom. The van der Waals surface area contributed by atoms with Gasteiger partial charge in [-0.1, -0.05) is 93.6 Å². The second kappa shape index (κ2) is 11.5. The average molecular weight is 375 g/mol. The van der Waals surface area contributed by atoms with Crippen molar-refractivity contribution >= 4 is 11.6 Å². The van der Waals surface area contributed by atoms with E-state index in [0.29, 0.717) is 0 Å². The van der Waals surface area contributed by atoms with Crippen molar-refractivity contribution in [3.63, 3.8) is 0 Å². The van der Waals surface area contributed by atoms with Gasteiger partial charge in [0.2, 0.25) is 0 Å². The van der Waals surface area contributed by atoms with Crippen LogP contribution in [-0.2, 0) is 0 Å². The van der Waals surface area contributed by atoms with Gasteiger partial charge in [0.25, 0.3) is 0 Å². The number of allylic oxidation sites excluding steroid dienone is 3. The molecule has 1 aliphatic carbocycles. The lowest BCUT2D eigenvalue weighted by Crippen LogP contribution is -1.98. The fourth-order valence-electron chi connectivity index (χ4n) is 3.79. The molecule has 0 radical (unpaired) electrons. The largest absolute Gasteiger partial charge is 0.494 e. The molecule has 28 heavy (non-hydrogen) atoms. The summed E-state index contributed by atoms with van der Waals surface area (Å²) in [5.74, 6) is 0.994. The lowest BCUT2D eigenvalue weighted by atomic mass is 9.90. The van der Waals surface area contributed by atoms with E-state index in [2.05, 4.69) is 73.7 Å². The summed E-state index contributed by atoms with van der Waals surface area (Å²) in [6.07, 6.45) is 16.0. The highest BCUT2D eigenvalue weighted by atomic mass is 16.5. The normalized spacial score (nSPS) is 15.5. The molecule has 0 unspecified atom stereocenters. The molecule has 0 amide bonds. The zero-order valence-electron chi connectivity index (χ0n) is 17.3. The van der Waals surface area contributed by atoms with Crippen molar-refractivity contribution < 1.29 is 4.74 Å². The molecule has 0 heterocycles. The number of hydrogen-bond donors (Lipinski definition) is 0. The Balaban J connectivity index is 1.52. The molecule has 2 aromatic rings. The quantitative estimate of drug-likeness (QED) is 0.382. The van der Waals surface area contributed by atoms with Crippen LogP contribution in [0, 0.1) is 0 Å². The van der Waals surface area contributed by atoms with Crippen LogP contribution < -0.4 is 4.74 Å². The molecule has 0 saturated carbocycles. The van der Waals surface area contributed by atoms with E-state index in [1.165, 1.54) is 60.8 Å². The summed E-state index contributed by atoms with van der Waals surface area (Å²) in [5, 5.41) is 0. The third kappa shape index (κ3) is 6.71. The molecular formula is C27H34O. The summed E-state index contributed by atoms with van der Waals surface area (Å²) in [6.45, 7) is 3.09. The molecule has 0 aromatic heterocycles. The zero-order valence-corrected chi connectivity index (χ0v) is 17.3. The molecule has 1 aliphatic rings. The summed E-state index contributed by atoms with van der Waals surface area (Å²) in [7, 11) is 0. The first kappa shape index (κ1) is 20.5. The van der Waals surface area contributed by atoms with Gasteiger partial charge in [-0.25, -0.2) is 0 Å². The third-order valence-electron chi connectivity index (χ3n) is 5.41. The van der Waals surface area contributed by atoms with Crippen LogP contribution >= 0.6 is 0 Å². The van der Waals surface area contributed by atoms with E-state index in [1.807, 2.05) is 0 Å². The SMILES string of the molecule is CCCCCCCCOc1ccc(C2=CC(=Cc3ccccc3)CCC2)cc1. The number of unbranched alkanes of at least 4 members (excludes halogenated alkanes) is 5. The molecule has 0 fully saturated rings. The van der Waals surface area contributed by atoms with Crippen molar-refractivity contribution in [2.75, 3.05) is 6.61 Å². The highest BCUT2D eigenvalue weighted by Crippen LogP contribution is 2.31. The van der Waals surface area contributed by atoms with Crippen LogP contribution in [-0.4, -0.2) is 6.61 Å². The minimum Gasteiger partial charge on any atom is -0.494 e. The minimum absolute atomic E-state index is 0.831. The molecule has 0 aliphatic heterocycles. The van der Waals surface area contributed by atoms with Crippen molar-refractivity contribution in [2.45, 2.75) is 64.7 Å². The Morgan fingerprint density at radius 1 is 0.821 bits per heavy atom. The van der Waals surface area contributed by atoms with Crippen LogP contribution in [0.5, 0.6) is 5.75 Å². The van der Waals surface area contributed by atoms with E-state index < -0.39 is 0 Å². The average Bonchev–Trinajstić information content (AvgIpc) is 2.74. The summed E-state index contributed by atoms with van der Waals surface area (Å²) in [6, 6.07) is 19.3. The smallest absolute Gasteiger partial charge is 0.119 e. The molecule has 1 nitrogen and oxygen atoms in total. The second-order valence-corrected chi connectivity index (χ2v) is 7.79. The van der Waals surface area contributed by atoms with Crippen LogP contribution in [0.4, 0.5) is 0 Å². The van der Waals surface area contributed by atoms with Crippen LogP contribution in [0.25, 0.3) is 11.6 Å². The van der Waals surface area contributed by atoms with Gasteiger partial charge in [0, 0.05) is 0 Å². The van der Waals surface area contributed by atoms with E-state index in [1.54, 1.807) is 0 Å². The summed E-state index contributed by atoms with van der Waals surface area (Å²) in [4.78, 5) is 0. The molecule has 148 valence electrons. The van der Waals surface area contributed by atoms with E-state index in [4.69, 9.17) is 4.74 Å². The second-order valence-electron chi connectivity index (χ2n) is 7.79. The van der Waals surface area contributed by atoms with Gasteiger partial charge in [0.15, 0.2) is 0 Å². The van der Waals surface area contributed by atoms with Crippen molar-refractivity contribution in [2.24, 2.45) is 0 Å². The molecule has 0 spiro atoms. The highest BCUT2D eigenvalue weighted by Gasteiger charge is 2.10. The van der Waals surface area contributed by atoms with Crippen molar-refractivity contribution in [1.82, 2.24) is 0 Å². The van der Waals surface area contributed by atoms with Gasteiger partial charge in [0.1, 0.15) is 5.75 Å². The van der Waals surface area contributed by atoms with Gasteiger partial charge in [-0.3, -0.25) is 0 Å². The number of rotatable bonds is 10. The van der Waals surface area contributed by atoms with Gasteiger partial charge in [-0.15, -0.1) is 0 Å². The first-order chi connectivity index (χ1) is 13.8. The van der Waals surface area contributed by atoms with Crippen LogP contribution in [0.1, 0.15) is 75.8 Å². The number of benzene rings is 2. The first-order valence-electron chi connectivity index (χ1n) is 11.0. The maximum Gasteiger partial charge on any atom is 0.119 e. The Morgan fingerprint density at radius 3 is 2.36 bits per heavy atom. The van der Waals surface area contributed by atoms with Gasteiger partial charge in [0.05, 0.1) is 6.61 Å². The third-order valence-corrected chi connectivity index (χ3v) is 5.41. The van der Waals surface area contributed by atoms with Gasteiger partial charge < -0.3 is 4.74 Å². The fraction of sp³-hybridized carbons (Fsp3) is 0.407. The lowest BCUT2D eigenvalue weighted by Gasteiger charge is -2.16. The van der Waals surface area contributed by atoms with E-state index >= 15 is 0 Å². The van der Waals surface area contributed by atoms with Gasteiger partial charge in [-0.05, 0) is 60.1 Å². The molecule has 0 saturated heterocycles. The number of hydrogen-bond acceptors (Lipinski definition) is 1. The predicted octanol–water partition coefficient (Wildman–Crippen LogP) is 8.08. The summed E-state index contributed by atoms with van der Waals surface area (Å²) >= 11 is 0. The standard InChI is InChI=1S/C27H34O/c1-2-3-4-5-6-10-20-28-27-18-16-25(17-19-27)26-15-11-14-24(22-26)21-23-12-8-7-9-13-23/h7-9,12-13,16-19,21-22H,2-6,10-11,14-15,20H2,1H3. The Kier molecular flexibility index (Phi) is 8.43. The van der Waals surface area contributed by atoms with E-state index in [-0.39, 0.29) is 0 Å². The van der Waals surface area contributed by atoms with Gasteiger partial charge in [-0.2, -0.15) is 0 Å². The molecule has 1 heteroatoms. The topological polar surface area (TPSA) is 9.23 Å². The van der Waals surface area contributed by atoms with Crippen molar-refractivity contribution in [3.8, 4) is 5.75 Å². The Hall–Kier alpha value is -2.28. The molecule has 2 aromatic carbocycles. The zero-order chi connectivity index (χ0) is 19.4. The summed E-state index contributed by atoms with van der Waals surface area (Å²) < 4.78 is 5.92. The monoisotopic (exact) mass is 374 g/mol. The molecular weight excluding hydrogens is 340 g/mol. The van der Waals surface area contributed by atoms with Crippen LogP contribution in [0.2, 0.25) is 0 Å². The van der Waals surface area contributed by atoms with E-state index in [9.17, 15) is 0 Å². The fourth-order valence-corrected chi connectivity index (χ4v) is 3.79. The lowest BCUT2D eigenvalue weighted by molar-refractivity contribution is 0.304. The molecule has 0 bridgehead atoms. The van der Waals surface area contributed by atoms with Crippen molar-refractivity contribution in [1.29, 1.82) is 0 Å². The first-order valence-corrected chi connectivity index (χ1v) is 11.0. The molecule has 0 atom stereocenters. The highest BCUT2D eigenvalue weighted by molar-refractivity contribution is 5.72. The summed E-state index contributed by atoms with van der Waals surface area (Å²) in [5.41, 5.74) is 5.48. The van der Waals surface area contributed by atoms with Gasteiger partial charge >= 0.3 is 0 Å². The Bertz CT molecular complexity index is 753. The van der Waals surface area contributed by atoms with Crippen molar-refractivity contribution in [3.05, 3.63) is 77.4 Å². The molecule has 3 rings (SSSR count). The van der Waals surface area contributed by atoms with Crippen LogP contribution in [0.15, 0.2) is 66.2 Å². The van der Waals surface area contributed by atoms with Crippen LogP contribution in [0.3, 0.4) is 0 Å². The molecule has 0 N–H and O–H groups in total. The Labute approximate surface area is 171 Å². The van der Waals surface area contributed by atoms with E-state index in [0.717, 1.165) is 31.6 Å². The maximum absolute atomic E-state index is 5.92. The maximum atomic E-state index is 5.92. The number of ether oxygens (including phenoxy) is 1.